The highest BCUT2D eigenvalue weighted by molar-refractivity contribution is 14.1. The summed E-state index contributed by atoms with van der Waals surface area (Å²) in [6, 6.07) is 0. The average molecular weight is 280 g/mol. The molecular weight excluding hydrogens is 263 g/mol. The van der Waals surface area contributed by atoms with Gasteiger partial charge >= 0.3 is 0 Å². The number of alkyl halides is 1. The molecule has 2 aliphatic carbocycles. The van der Waals surface area contributed by atoms with Crippen molar-refractivity contribution in [3.05, 3.63) is 0 Å². The van der Waals surface area contributed by atoms with Crippen LogP contribution in [0.4, 0.5) is 0 Å². The summed E-state index contributed by atoms with van der Waals surface area (Å²) in [5, 5.41) is 0. The van der Waals surface area contributed by atoms with Gasteiger partial charge in [-0.1, -0.05) is 22.6 Å². The quantitative estimate of drug-likeness (QED) is 0.570. The van der Waals surface area contributed by atoms with Crippen molar-refractivity contribution in [3.8, 4) is 0 Å². The predicted molar refractivity (Wildman–Crippen MR) is 58.7 cm³/mol. The van der Waals surface area contributed by atoms with Gasteiger partial charge in [0, 0.05) is 3.92 Å². The topological polar surface area (TPSA) is 9.23 Å². The zero-order valence-corrected chi connectivity index (χ0v) is 9.79. The van der Waals surface area contributed by atoms with Crippen LogP contribution in [0.3, 0.4) is 0 Å². The monoisotopic (exact) mass is 280 g/mol. The van der Waals surface area contributed by atoms with E-state index in [9.17, 15) is 0 Å². The normalized spacial score (nSPS) is 38.5. The van der Waals surface area contributed by atoms with E-state index in [0.717, 1.165) is 9.84 Å². The molecule has 0 aromatic heterocycles. The molecule has 2 fully saturated rings. The van der Waals surface area contributed by atoms with Gasteiger partial charge in [-0.3, -0.25) is 0 Å². The van der Waals surface area contributed by atoms with Crippen LogP contribution in [0.1, 0.15) is 39.0 Å². The van der Waals surface area contributed by atoms with Crippen LogP contribution < -0.4 is 0 Å². The third-order valence-corrected chi connectivity index (χ3v) is 4.47. The Morgan fingerprint density at radius 3 is 2.50 bits per heavy atom. The van der Waals surface area contributed by atoms with Crippen LogP contribution in [-0.2, 0) is 4.74 Å². The molecule has 0 aromatic rings. The molecule has 0 spiro atoms. The van der Waals surface area contributed by atoms with Gasteiger partial charge in [-0.15, -0.1) is 0 Å². The molecule has 0 aromatic carbocycles. The van der Waals surface area contributed by atoms with Gasteiger partial charge in [0.1, 0.15) is 0 Å². The van der Waals surface area contributed by atoms with E-state index in [1.165, 1.54) is 32.1 Å². The molecule has 2 heteroatoms. The third kappa shape index (κ3) is 2.13. The van der Waals surface area contributed by atoms with E-state index in [2.05, 4.69) is 29.5 Å². The molecule has 2 rings (SSSR count). The zero-order valence-electron chi connectivity index (χ0n) is 7.63. The van der Waals surface area contributed by atoms with Crippen molar-refractivity contribution in [3.63, 3.8) is 0 Å². The standard InChI is InChI=1S/C10H17IO/c1-7(8-5-6-8)12-10-4-2-3-9(10)11/h7-10H,2-6H2,1H3. The summed E-state index contributed by atoms with van der Waals surface area (Å²) < 4.78 is 6.82. The van der Waals surface area contributed by atoms with E-state index >= 15 is 0 Å². The second-order valence-electron chi connectivity index (χ2n) is 4.16. The molecular formula is C10H17IO. The Balaban J connectivity index is 1.76. The Morgan fingerprint density at radius 2 is 2.00 bits per heavy atom. The first-order valence-electron chi connectivity index (χ1n) is 5.07. The van der Waals surface area contributed by atoms with E-state index in [0.29, 0.717) is 12.2 Å². The summed E-state index contributed by atoms with van der Waals surface area (Å²) in [4.78, 5) is 0. The van der Waals surface area contributed by atoms with E-state index < -0.39 is 0 Å². The van der Waals surface area contributed by atoms with E-state index in [4.69, 9.17) is 4.74 Å². The molecule has 3 atom stereocenters. The minimum Gasteiger partial charge on any atom is -0.374 e. The fourth-order valence-electron chi connectivity index (χ4n) is 1.99. The summed E-state index contributed by atoms with van der Waals surface area (Å²) in [6.45, 7) is 2.25. The van der Waals surface area contributed by atoms with Gasteiger partial charge < -0.3 is 4.74 Å². The zero-order chi connectivity index (χ0) is 8.55. The Labute approximate surface area is 88.4 Å². The number of halogens is 1. The molecule has 0 amide bonds. The first-order valence-corrected chi connectivity index (χ1v) is 6.31. The van der Waals surface area contributed by atoms with Crippen molar-refractivity contribution >= 4 is 22.6 Å². The van der Waals surface area contributed by atoms with Crippen molar-refractivity contribution in [1.29, 1.82) is 0 Å². The lowest BCUT2D eigenvalue weighted by atomic mass is 10.2. The molecule has 0 bridgehead atoms. The van der Waals surface area contributed by atoms with Gasteiger partial charge in [0.25, 0.3) is 0 Å². The van der Waals surface area contributed by atoms with Crippen molar-refractivity contribution in [1.82, 2.24) is 0 Å². The van der Waals surface area contributed by atoms with Gasteiger partial charge in [0.2, 0.25) is 0 Å². The fraction of sp³-hybridized carbons (Fsp3) is 1.00. The maximum absolute atomic E-state index is 6.04. The molecule has 2 saturated carbocycles. The molecule has 3 unspecified atom stereocenters. The van der Waals surface area contributed by atoms with Crippen molar-refractivity contribution < 1.29 is 4.74 Å². The summed E-state index contributed by atoms with van der Waals surface area (Å²) in [6.07, 6.45) is 7.94. The van der Waals surface area contributed by atoms with E-state index in [1.807, 2.05) is 0 Å². The van der Waals surface area contributed by atoms with Crippen LogP contribution in [0.25, 0.3) is 0 Å². The van der Waals surface area contributed by atoms with Crippen molar-refractivity contribution in [2.24, 2.45) is 5.92 Å². The van der Waals surface area contributed by atoms with Crippen molar-refractivity contribution in [2.75, 3.05) is 0 Å². The van der Waals surface area contributed by atoms with Crippen LogP contribution in [0.5, 0.6) is 0 Å². The van der Waals surface area contributed by atoms with Crippen LogP contribution in [0.15, 0.2) is 0 Å². The summed E-state index contributed by atoms with van der Waals surface area (Å²) in [5.74, 6) is 0.897. The molecule has 2 aliphatic rings. The van der Waals surface area contributed by atoms with Crippen LogP contribution in [0, 0.1) is 5.92 Å². The molecule has 0 N–H and O–H groups in total. The fourth-order valence-corrected chi connectivity index (χ4v) is 2.96. The SMILES string of the molecule is CC(OC1CCCC1I)C1CC1. The molecule has 12 heavy (non-hydrogen) atoms. The van der Waals surface area contributed by atoms with Gasteiger partial charge in [0.05, 0.1) is 12.2 Å². The molecule has 0 aliphatic heterocycles. The number of ether oxygens (including phenoxy) is 1. The molecule has 1 nitrogen and oxygen atoms in total. The largest absolute Gasteiger partial charge is 0.374 e. The highest BCUT2D eigenvalue weighted by atomic mass is 127. The Hall–Kier alpha value is 0.690. The molecule has 0 heterocycles. The van der Waals surface area contributed by atoms with Gasteiger partial charge in [-0.05, 0) is 44.9 Å². The predicted octanol–water partition coefficient (Wildman–Crippen LogP) is 3.16. The minimum atomic E-state index is 0.533. The Kier molecular flexibility index (Phi) is 2.95. The van der Waals surface area contributed by atoms with Gasteiger partial charge in [-0.2, -0.15) is 0 Å². The van der Waals surface area contributed by atoms with E-state index in [-0.39, 0.29) is 0 Å². The van der Waals surface area contributed by atoms with Crippen LogP contribution in [-0.4, -0.2) is 16.1 Å². The molecule has 0 saturated heterocycles. The lowest BCUT2D eigenvalue weighted by Gasteiger charge is -2.20. The Bertz CT molecular complexity index is 156. The highest BCUT2D eigenvalue weighted by Crippen LogP contribution is 2.37. The summed E-state index contributed by atoms with van der Waals surface area (Å²) in [5.41, 5.74) is 0. The number of hydrogen-bond donors (Lipinski definition) is 0. The maximum Gasteiger partial charge on any atom is 0.0696 e. The Morgan fingerprint density at radius 1 is 1.25 bits per heavy atom. The smallest absolute Gasteiger partial charge is 0.0696 e. The van der Waals surface area contributed by atoms with E-state index in [1.54, 1.807) is 0 Å². The number of rotatable bonds is 3. The lowest BCUT2D eigenvalue weighted by Crippen LogP contribution is -2.24. The minimum absolute atomic E-state index is 0.533. The second-order valence-corrected chi connectivity index (χ2v) is 5.76. The van der Waals surface area contributed by atoms with Gasteiger partial charge in [0.15, 0.2) is 0 Å². The average Bonchev–Trinajstić information content (AvgIpc) is 2.80. The first-order chi connectivity index (χ1) is 5.77. The lowest BCUT2D eigenvalue weighted by molar-refractivity contribution is -0.00451. The van der Waals surface area contributed by atoms with Crippen LogP contribution >= 0.6 is 22.6 Å². The second kappa shape index (κ2) is 3.82. The third-order valence-electron chi connectivity index (χ3n) is 3.05. The highest BCUT2D eigenvalue weighted by Gasteiger charge is 2.33. The molecule has 0 radical (unpaired) electrons. The first kappa shape index (κ1) is 9.25. The summed E-state index contributed by atoms with van der Waals surface area (Å²) >= 11 is 2.55. The van der Waals surface area contributed by atoms with Gasteiger partial charge in [-0.25, -0.2) is 0 Å². The van der Waals surface area contributed by atoms with Crippen molar-refractivity contribution in [2.45, 2.75) is 55.2 Å². The maximum atomic E-state index is 6.04. The summed E-state index contributed by atoms with van der Waals surface area (Å²) in [7, 11) is 0. The van der Waals surface area contributed by atoms with Crippen LogP contribution in [0.2, 0.25) is 0 Å². The molecule has 70 valence electrons. The number of hydrogen-bond acceptors (Lipinski definition) is 1.